The molecule has 1 fully saturated rings. The van der Waals surface area contributed by atoms with Crippen LogP contribution in [0, 0.1) is 12.8 Å². The Labute approximate surface area is 156 Å². The minimum Gasteiger partial charge on any atom is -0.338 e. The second-order valence-corrected chi connectivity index (χ2v) is 7.83. The summed E-state index contributed by atoms with van der Waals surface area (Å²) in [4.78, 5) is 26.5. The average molecular weight is 363 g/mol. The summed E-state index contributed by atoms with van der Waals surface area (Å²) in [7, 11) is 0. The van der Waals surface area contributed by atoms with Gasteiger partial charge in [-0.3, -0.25) is 10.1 Å². The van der Waals surface area contributed by atoms with E-state index < -0.39 is 0 Å². The van der Waals surface area contributed by atoms with E-state index in [1.165, 1.54) is 16.0 Å². The molecule has 0 unspecified atom stereocenters. The highest BCUT2D eigenvalue weighted by atomic mass is 16.2. The lowest BCUT2D eigenvalue weighted by atomic mass is 10.1. The van der Waals surface area contributed by atoms with E-state index in [1.807, 2.05) is 0 Å². The molecule has 1 aliphatic rings. The lowest BCUT2D eigenvalue weighted by molar-refractivity contribution is -1.02. The Morgan fingerprint density at radius 3 is 2.46 bits per heavy atom. The number of hydrogen-bond acceptors (Lipinski definition) is 2. The number of quaternary nitrogens is 2. The zero-order valence-corrected chi connectivity index (χ0v) is 16.4. The molecular weight excluding hydrogens is 328 g/mol. The number of amides is 3. The van der Waals surface area contributed by atoms with Crippen molar-refractivity contribution in [1.29, 1.82) is 0 Å². The molecule has 1 saturated heterocycles. The maximum Gasteiger partial charge on any atom is 0.321 e. The van der Waals surface area contributed by atoms with Crippen LogP contribution in [0.3, 0.4) is 0 Å². The number of piperazine rings is 1. The minimum atomic E-state index is -0.376. The van der Waals surface area contributed by atoms with Gasteiger partial charge in [0.15, 0.2) is 6.54 Å². The molecule has 1 aliphatic heterocycles. The monoisotopic (exact) mass is 362 g/mol. The maximum atomic E-state index is 12.0. The summed E-state index contributed by atoms with van der Waals surface area (Å²) in [5, 5.41) is 5.18. The van der Waals surface area contributed by atoms with Gasteiger partial charge >= 0.3 is 6.03 Å². The Morgan fingerprint density at radius 1 is 1.12 bits per heavy atom. The second kappa shape index (κ2) is 10.3. The molecule has 26 heavy (non-hydrogen) atoms. The van der Waals surface area contributed by atoms with Crippen molar-refractivity contribution in [3.05, 3.63) is 35.4 Å². The first-order chi connectivity index (χ1) is 12.4. The molecule has 0 aliphatic carbocycles. The summed E-state index contributed by atoms with van der Waals surface area (Å²) in [6.07, 6.45) is 0.915. The first kappa shape index (κ1) is 20.4. The molecule has 0 radical (unpaired) electrons. The lowest BCUT2D eigenvalue weighted by Crippen LogP contribution is -3.28. The molecule has 6 heteroatoms. The van der Waals surface area contributed by atoms with Gasteiger partial charge in [-0.2, -0.15) is 0 Å². The molecule has 0 aromatic heterocycles. The first-order valence-electron chi connectivity index (χ1n) is 9.72. The van der Waals surface area contributed by atoms with Crippen LogP contribution in [0.4, 0.5) is 4.79 Å². The number of nitrogens with one attached hydrogen (secondary N) is 4. The molecule has 1 aromatic carbocycles. The van der Waals surface area contributed by atoms with E-state index in [1.54, 1.807) is 4.90 Å². The summed E-state index contributed by atoms with van der Waals surface area (Å²) in [6.45, 7) is 12.4. The van der Waals surface area contributed by atoms with Crippen LogP contribution in [0.2, 0.25) is 0 Å². The van der Waals surface area contributed by atoms with E-state index in [9.17, 15) is 9.59 Å². The van der Waals surface area contributed by atoms with Crippen molar-refractivity contribution in [1.82, 2.24) is 10.6 Å². The Balaban J connectivity index is 1.64. The van der Waals surface area contributed by atoms with Gasteiger partial charge in [-0.15, -0.1) is 0 Å². The molecule has 4 N–H and O–H groups in total. The quantitative estimate of drug-likeness (QED) is 0.511. The van der Waals surface area contributed by atoms with Crippen molar-refractivity contribution in [2.75, 3.05) is 39.3 Å². The second-order valence-electron chi connectivity index (χ2n) is 7.83. The number of hydrogen-bond donors (Lipinski definition) is 4. The van der Waals surface area contributed by atoms with Crippen LogP contribution in [0.25, 0.3) is 0 Å². The van der Waals surface area contributed by atoms with Gasteiger partial charge in [-0.25, -0.2) is 4.79 Å². The third-order valence-electron chi connectivity index (χ3n) is 4.87. The van der Waals surface area contributed by atoms with Crippen molar-refractivity contribution < 1.29 is 19.4 Å². The molecule has 6 nitrogen and oxygen atoms in total. The van der Waals surface area contributed by atoms with Gasteiger partial charge < -0.3 is 15.1 Å². The topological polar surface area (TPSA) is 67.1 Å². The largest absolute Gasteiger partial charge is 0.338 e. The molecule has 3 amide bonds. The third kappa shape index (κ3) is 7.54. The normalized spacial score (nSPS) is 20.0. The molecular formula is C20H34N4O2+2. The van der Waals surface area contributed by atoms with E-state index in [-0.39, 0.29) is 11.9 Å². The van der Waals surface area contributed by atoms with Gasteiger partial charge in [0.05, 0.1) is 0 Å². The molecule has 0 spiro atoms. The Bertz CT molecular complexity index is 595. The van der Waals surface area contributed by atoms with Crippen molar-refractivity contribution in [2.45, 2.75) is 33.7 Å². The fourth-order valence-corrected chi connectivity index (χ4v) is 3.34. The molecule has 144 valence electrons. The summed E-state index contributed by atoms with van der Waals surface area (Å²) in [6, 6.07) is 8.29. The third-order valence-corrected chi connectivity index (χ3v) is 4.87. The average Bonchev–Trinajstić information content (AvgIpc) is 2.56. The summed E-state index contributed by atoms with van der Waals surface area (Å²) < 4.78 is 0. The number of rotatable bonds is 7. The summed E-state index contributed by atoms with van der Waals surface area (Å²) >= 11 is 0. The predicted molar refractivity (Wildman–Crippen MR) is 102 cm³/mol. The highest BCUT2D eigenvalue weighted by molar-refractivity contribution is 5.94. The van der Waals surface area contributed by atoms with Crippen LogP contribution >= 0.6 is 0 Å². The van der Waals surface area contributed by atoms with E-state index in [2.05, 4.69) is 55.7 Å². The maximum absolute atomic E-state index is 12.0. The van der Waals surface area contributed by atoms with Gasteiger partial charge in [0.1, 0.15) is 32.7 Å². The van der Waals surface area contributed by atoms with E-state index in [4.69, 9.17) is 0 Å². The van der Waals surface area contributed by atoms with Crippen LogP contribution in [-0.2, 0) is 11.3 Å². The Hall–Kier alpha value is -1.92. The number of urea groups is 1. The van der Waals surface area contributed by atoms with E-state index in [0.29, 0.717) is 19.0 Å². The van der Waals surface area contributed by atoms with Gasteiger partial charge in [-0.05, 0) is 19.3 Å². The number of aryl methyl sites for hydroxylation is 1. The van der Waals surface area contributed by atoms with Crippen LogP contribution in [0.15, 0.2) is 24.3 Å². The lowest BCUT2D eigenvalue weighted by Gasteiger charge is -2.29. The number of carbonyl (C=O) groups is 2. The van der Waals surface area contributed by atoms with E-state index >= 15 is 0 Å². The molecule has 0 atom stereocenters. The summed E-state index contributed by atoms with van der Waals surface area (Å²) in [5.74, 6) is 0.346. The van der Waals surface area contributed by atoms with Gasteiger partial charge in [0, 0.05) is 12.1 Å². The molecule has 0 saturated carbocycles. The molecule has 1 heterocycles. The van der Waals surface area contributed by atoms with Crippen LogP contribution in [-0.4, -0.2) is 51.2 Å². The standard InChI is InChI=1S/C20H32N4O2/c1-16(2)7-8-21-20(26)22-19(25)15-24-11-9-23(10-12-24)14-18-6-4-5-17(3)13-18/h4-6,13,16H,7-12,14-15H2,1-3H3,(H2,21,22,25,26)/p+2. The number of benzene rings is 1. The van der Waals surface area contributed by atoms with Crippen LogP contribution < -0.4 is 20.4 Å². The van der Waals surface area contributed by atoms with Crippen molar-refractivity contribution in [3.63, 3.8) is 0 Å². The predicted octanol–water partition coefficient (Wildman–Crippen LogP) is -0.850. The Kier molecular flexibility index (Phi) is 8.06. The Morgan fingerprint density at radius 2 is 1.81 bits per heavy atom. The molecule has 1 aromatic rings. The zero-order valence-electron chi connectivity index (χ0n) is 16.4. The summed E-state index contributed by atoms with van der Waals surface area (Å²) in [5.41, 5.74) is 2.67. The fourth-order valence-electron chi connectivity index (χ4n) is 3.34. The highest BCUT2D eigenvalue weighted by Gasteiger charge is 2.25. The van der Waals surface area contributed by atoms with Crippen molar-refractivity contribution in [3.8, 4) is 0 Å². The SMILES string of the molecule is Cc1cccc(C[NH+]2CC[NH+](CC(=O)NC(=O)NCCC(C)C)CC2)c1. The zero-order chi connectivity index (χ0) is 18.9. The fraction of sp³-hybridized carbons (Fsp3) is 0.600. The van der Waals surface area contributed by atoms with Crippen molar-refractivity contribution >= 4 is 11.9 Å². The highest BCUT2D eigenvalue weighted by Crippen LogP contribution is 2.01. The minimum absolute atomic E-state index is 0.191. The number of imide groups is 1. The van der Waals surface area contributed by atoms with Gasteiger partial charge in [-0.1, -0.05) is 43.7 Å². The molecule has 0 bridgehead atoms. The van der Waals surface area contributed by atoms with Gasteiger partial charge in [0.2, 0.25) is 0 Å². The molecule has 2 rings (SSSR count). The number of carbonyl (C=O) groups excluding carboxylic acids is 2. The first-order valence-corrected chi connectivity index (χ1v) is 9.72. The van der Waals surface area contributed by atoms with Crippen LogP contribution in [0.5, 0.6) is 0 Å². The van der Waals surface area contributed by atoms with Crippen LogP contribution in [0.1, 0.15) is 31.4 Å². The van der Waals surface area contributed by atoms with Crippen molar-refractivity contribution in [2.24, 2.45) is 5.92 Å². The van der Waals surface area contributed by atoms with Gasteiger partial charge in [0.25, 0.3) is 5.91 Å². The smallest absolute Gasteiger partial charge is 0.321 e. The van der Waals surface area contributed by atoms with E-state index in [0.717, 1.165) is 39.1 Å².